The monoisotopic (exact) mass is 372 g/mol. The van der Waals surface area contributed by atoms with E-state index in [1.54, 1.807) is 0 Å². The zero-order chi connectivity index (χ0) is 19.0. The summed E-state index contributed by atoms with van der Waals surface area (Å²) in [4.78, 5) is 19.7. The van der Waals surface area contributed by atoms with Crippen molar-refractivity contribution in [3.05, 3.63) is 34.8 Å². The number of aryl methyl sites for hydroxylation is 1. The van der Waals surface area contributed by atoms with Crippen molar-refractivity contribution in [3.63, 3.8) is 0 Å². The van der Waals surface area contributed by atoms with Crippen LogP contribution in [0.3, 0.4) is 0 Å². The summed E-state index contributed by atoms with van der Waals surface area (Å²) in [7, 11) is 0. The van der Waals surface area contributed by atoms with Gasteiger partial charge in [0.25, 0.3) is 5.91 Å². The van der Waals surface area contributed by atoms with Gasteiger partial charge < -0.3 is 14.1 Å². The third-order valence-electron chi connectivity index (χ3n) is 5.28. The molecule has 27 heavy (non-hydrogen) atoms. The molecule has 0 spiro atoms. The van der Waals surface area contributed by atoms with Crippen molar-refractivity contribution in [2.24, 2.45) is 5.92 Å². The van der Waals surface area contributed by atoms with Gasteiger partial charge >= 0.3 is 0 Å². The number of oxazole rings is 1. The Kier molecular flexibility index (Phi) is 5.04. The molecule has 0 N–H and O–H groups in total. The van der Waals surface area contributed by atoms with Crippen LogP contribution in [0, 0.1) is 5.92 Å². The van der Waals surface area contributed by atoms with Crippen molar-refractivity contribution in [2.75, 3.05) is 19.8 Å². The van der Waals surface area contributed by atoms with Gasteiger partial charge in [0.1, 0.15) is 17.1 Å². The zero-order valence-corrected chi connectivity index (χ0v) is 16.4. The highest BCUT2D eigenvalue weighted by Gasteiger charge is 2.31. The summed E-state index contributed by atoms with van der Waals surface area (Å²) in [5.74, 6) is 2.48. The minimum atomic E-state index is 0.0266. The number of aromatic nitrogens is 3. The van der Waals surface area contributed by atoms with Crippen LogP contribution in [0.4, 0.5) is 0 Å². The first-order valence-electron chi connectivity index (χ1n) is 9.97. The molecule has 1 amide bonds. The molecule has 2 aliphatic heterocycles. The van der Waals surface area contributed by atoms with Gasteiger partial charge in [-0.3, -0.25) is 9.48 Å². The summed E-state index contributed by atoms with van der Waals surface area (Å²) < 4.78 is 13.2. The molecule has 0 saturated carbocycles. The molecule has 1 fully saturated rings. The first-order chi connectivity index (χ1) is 13.0. The Morgan fingerprint density at radius 3 is 2.96 bits per heavy atom. The van der Waals surface area contributed by atoms with Crippen LogP contribution in [0.1, 0.15) is 66.6 Å². The Bertz CT molecular complexity index is 817. The second kappa shape index (κ2) is 7.46. The molecule has 0 aromatic carbocycles. The van der Waals surface area contributed by atoms with Gasteiger partial charge in [-0.05, 0) is 31.7 Å². The highest BCUT2D eigenvalue weighted by Crippen LogP contribution is 2.29. The number of ether oxygens (including phenoxy) is 1. The van der Waals surface area contributed by atoms with Gasteiger partial charge in [0.05, 0.1) is 24.8 Å². The lowest BCUT2D eigenvalue weighted by atomic mass is 10.1. The number of amides is 1. The number of fused-ring (bicyclic) bond motifs is 1. The minimum Gasteiger partial charge on any atom is -0.445 e. The Balaban J connectivity index is 1.51. The molecule has 1 saturated heterocycles. The van der Waals surface area contributed by atoms with E-state index in [9.17, 15) is 4.79 Å². The van der Waals surface area contributed by atoms with E-state index in [2.05, 4.69) is 23.9 Å². The lowest BCUT2D eigenvalue weighted by Crippen LogP contribution is -2.37. The van der Waals surface area contributed by atoms with E-state index in [4.69, 9.17) is 9.15 Å². The number of rotatable bonds is 5. The van der Waals surface area contributed by atoms with E-state index in [1.165, 1.54) is 0 Å². The predicted octanol–water partition coefficient (Wildman–Crippen LogP) is 2.79. The first-order valence-corrected chi connectivity index (χ1v) is 9.97. The molecule has 1 unspecified atom stereocenters. The third-order valence-corrected chi connectivity index (χ3v) is 5.28. The van der Waals surface area contributed by atoms with E-state index < -0.39 is 0 Å². The van der Waals surface area contributed by atoms with Gasteiger partial charge in [-0.25, -0.2) is 4.98 Å². The van der Waals surface area contributed by atoms with Crippen LogP contribution in [-0.2, 0) is 30.7 Å². The second-order valence-electron chi connectivity index (χ2n) is 7.89. The summed E-state index contributed by atoms with van der Waals surface area (Å²) in [6.45, 7) is 9.62. The molecule has 0 aliphatic carbocycles. The van der Waals surface area contributed by atoms with Crippen LogP contribution in [0.25, 0.3) is 0 Å². The molecule has 4 heterocycles. The van der Waals surface area contributed by atoms with E-state index in [0.717, 1.165) is 42.5 Å². The summed E-state index contributed by atoms with van der Waals surface area (Å²) >= 11 is 0. The Morgan fingerprint density at radius 2 is 2.26 bits per heavy atom. The maximum atomic E-state index is 13.1. The lowest BCUT2D eigenvalue weighted by molar-refractivity contribution is 0.0715. The van der Waals surface area contributed by atoms with Crippen LogP contribution >= 0.6 is 0 Å². The van der Waals surface area contributed by atoms with Gasteiger partial charge in [0, 0.05) is 26.1 Å². The highest BCUT2D eigenvalue weighted by molar-refractivity contribution is 5.92. The van der Waals surface area contributed by atoms with E-state index in [1.807, 2.05) is 22.6 Å². The molecule has 0 bridgehead atoms. The van der Waals surface area contributed by atoms with Crippen molar-refractivity contribution in [2.45, 2.75) is 59.0 Å². The highest BCUT2D eigenvalue weighted by atomic mass is 16.5. The largest absolute Gasteiger partial charge is 0.445 e. The third kappa shape index (κ3) is 3.65. The van der Waals surface area contributed by atoms with Crippen LogP contribution in [-0.4, -0.2) is 45.3 Å². The first kappa shape index (κ1) is 18.2. The van der Waals surface area contributed by atoms with Gasteiger partial charge in [-0.1, -0.05) is 13.8 Å². The number of hydrogen-bond donors (Lipinski definition) is 0. The van der Waals surface area contributed by atoms with Crippen LogP contribution < -0.4 is 0 Å². The summed E-state index contributed by atoms with van der Waals surface area (Å²) in [6.07, 6.45) is 2.55. The molecule has 1 atom stereocenters. The molecule has 2 aromatic heterocycles. The van der Waals surface area contributed by atoms with Crippen molar-refractivity contribution in [3.8, 4) is 0 Å². The Morgan fingerprint density at radius 1 is 1.41 bits per heavy atom. The van der Waals surface area contributed by atoms with Crippen LogP contribution in [0.5, 0.6) is 0 Å². The standard InChI is InChI=1S/C20H28N4O3/c1-4-24-17(10-15(22-24)9-13(2)3)20(25)23-7-5-18-16(11-23)21-19(27-18)14-6-8-26-12-14/h10,13-14H,4-9,11-12H2,1-3H3. The SMILES string of the molecule is CCn1nc(CC(C)C)cc1C(=O)N1CCc2oc(C3CCOC3)nc2C1. The van der Waals surface area contributed by atoms with Gasteiger partial charge in [-0.2, -0.15) is 5.10 Å². The number of carbonyl (C=O) groups is 1. The predicted molar refractivity (Wildman–Crippen MR) is 99.6 cm³/mol. The number of hydrogen-bond acceptors (Lipinski definition) is 5. The van der Waals surface area contributed by atoms with Crippen LogP contribution in [0.2, 0.25) is 0 Å². The zero-order valence-electron chi connectivity index (χ0n) is 16.4. The number of carbonyl (C=O) groups excluding carboxylic acids is 1. The van der Waals surface area contributed by atoms with Gasteiger partial charge in [0.15, 0.2) is 5.89 Å². The van der Waals surface area contributed by atoms with Crippen molar-refractivity contribution < 1.29 is 13.9 Å². The molecule has 7 heteroatoms. The minimum absolute atomic E-state index is 0.0266. The number of nitrogens with zero attached hydrogens (tertiary/aromatic N) is 4. The van der Waals surface area contributed by atoms with Crippen LogP contribution in [0.15, 0.2) is 10.5 Å². The maximum absolute atomic E-state index is 13.1. The topological polar surface area (TPSA) is 73.4 Å². The normalized spacial score (nSPS) is 19.7. The summed E-state index contributed by atoms with van der Waals surface area (Å²) in [5.41, 5.74) is 2.55. The fraction of sp³-hybridized carbons (Fsp3) is 0.650. The fourth-order valence-electron chi connectivity index (χ4n) is 3.86. The molecule has 4 rings (SSSR count). The fourth-order valence-corrected chi connectivity index (χ4v) is 3.86. The second-order valence-corrected chi connectivity index (χ2v) is 7.89. The molecule has 146 valence electrons. The quantitative estimate of drug-likeness (QED) is 0.807. The maximum Gasteiger partial charge on any atom is 0.272 e. The van der Waals surface area contributed by atoms with Gasteiger partial charge in [0.2, 0.25) is 0 Å². The Hall–Kier alpha value is -2.15. The average molecular weight is 372 g/mol. The molecular formula is C20H28N4O3. The molecular weight excluding hydrogens is 344 g/mol. The smallest absolute Gasteiger partial charge is 0.272 e. The lowest BCUT2D eigenvalue weighted by Gasteiger charge is -2.25. The van der Waals surface area contributed by atoms with Crippen molar-refractivity contribution in [1.29, 1.82) is 0 Å². The molecule has 0 radical (unpaired) electrons. The molecule has 2 aliphatic rings. The van der Waals surface area contributed by atoms with E-state index in [0.29, 0.717) is 44.3 Å². The van der Waals surface area contributed by atoms with E-state index >= 15 is 0 Å². The molecule has 2 aromatic rings. The Labute approximate surface area is 159 Å². The average Bonchev–Trinajstić information content (AvgIpc) is 3.38. The van der Waals surface area contributed by atoms with E-state index in [-0.39, 0.29) is 11.8 Å². The van der Waals surface area contributed by atoms with Crippen molar-refractivity contribution >= 4 is 5.91 Å². The summed E-state index contributed by atoms with van der Waals surface area (Å²) in [5, 5.41) is 4.61. The van der Waals surface area contributed by atoms with Crippen molar-refractivity contribution in [1.82, 2.24) is 19.7 Å². The molecule has 7 nitrogen and oxygen atoms in total. The summed E-state index contributed by atoms with van der Waals surface area (Å²) in [6, 6.07) is 1.95. The van der Waals surface area contributed by atoms with Gasteiger partial charge in [-0.15, -0.1) is 0 Å².